The van der Waals surface area contributed by atoms with Gasteiger partial charge in [-0.2, -0.15) is 13.2 Å². The highest BCUT2D eigenvalue weighted by Crippen LogP contribution is 2.56. The number of imide groups is 2. The van der Waals surface area contributed by atoms with Crippen LogP contribution in [0.15, 0.2) is 54.6 Å². The first-order valence-electron chi connectivity index (χ1n) is 19.4. The fraction of sp³-hybridized carbons (Fsp3) is 0.442. The van der Waals surface area contributed by atoms with Crippen LogP contribution in [0, 0.1) is 17.4 Å². The first-order valence-corrected chi connectivity index (χ1v) is 19.4. The fourth-order valence-corrected chi connectivity index (χ4v) is 10.0. The number of rotatable bonds is 7. The number of hydrogen-bond donors (Lipinski definition) is 2. The molecule has 0 aromatic heterocycles. The molecule has 3 aromatic carbocycles. The summed E-state index contributed by atoms with van der Waals surface area (Å²) in [7, 11) is 0. The van der Waals surface area contributed by atoms with Crippen molar-refractivity contribution in [1.29, 1.82) is 0 Å². The fourth-order valence-electron chi connectivity index (χ4n) is 10.0. The maximum absolute atomic E-state index is 13.6. The van der Waals surface area contributed by atoms with Crippen LogP contribution in [0.3, 0.4) is 0 Å². The van der Waals surface area contributed by atoms with E-state index in [1.165, 1.54) is 6.07 Å². The quantitative estimate of drug-likeness (QED) is 0.212. The number of halogens is 3. The summed E-state index contributed by atoms with van der Waals surface area (Å²) in [5.41, 5.74) is 1.28. The van der Waals surface area contributed by atoms with Crippen molar-refractivity contribution < 1.29 is 41.9 Å². The molecule has 0 radical (unpaired) electrons. The van der Waals surface area contributed by atoms with Crippen LogP contribution in [-0.2, 0) is 28.9 Å². The van der Waals surface area contributed by atoms with Crippen LogP contribution in [-0.4, -0.2) is 76.7 Å². The zero-order chi connectivity index (χ0) is 41.5. The monoisotopic (exact) mass is 796 g/mol. The molecule has 302 valence electrons. The van der Waals surface area contributed by atoms with Gasteiger partial charge in [0.1, 0.15) is 17.9 Å². The number of anilines is 1. The third-order valence-electron chi connectivity index (χ3n) is 12.7. The topological polar surface area (TPSA) is 133 Å². The van der Waals surface area contributed by atoms with Crippen molar-refractivity contribution in [1.82, 2.24) is 20.4 Å². The van der Waals surface area contributed by atoms with E-state index in [2.05, 4.69) is 25.3 Å². The van der Waals surface area contributed by atoms with Crippen LogP contribution in [0.25, 0.3) is 4.85 Å². The largest absolute Gasteiger partial charge is 0.489 e. The number of benzene rings is 3. The Morgan fingerprint density at radius 2 is 1.48 bits per heavy atom. The zero-order valence-corrected chi connectivity index (χ0v) is 32.5. The summed E-state index contributed by atoms with van der Waals surface area (Å²) >= 11 is 0. The van der Waals surface area contributed by atoms with Crippen molar-refractivity contribution in [2.24, 2.45) is 10.8 Å². The van der Waals surface area contributed by atoms with Crippen LogP contribution < -0.4 is 20.3 Å². The lowest BCUT2D eigenvalue weighted by atomic mass is 9.49. The normalized spacial score (nSPS) is 24.1. The molecule has 3 fully saturated rings. The van der Waals surface area contributed by atoms with E-state index in [4.69, 9.17) is 11.3 Å². The predicted molar refractivity (Wildman–Crippen MR) is 205 cm³/mol. The van der Waals surface area contributed by atoms with Gasteiger partial charge in [0.25, 0.3) is 17.7 Å². The van der Waals surface area contributed by atoms with E-state index >= 15 is 0 Å². The molecule has 1 saturated carbocycles. The van der Waals surface area contributed by atoms with E-state index < -0.39 is 64.0 Å². The molecule has 12 nitrogen and oxygen atoms in total. The average Bonchev–Trinajstić information content (AvgIpc) is 3.71. The molecule has 0 spiro atoms. The van der Waals surface area contributed by atoms with E-state index in [9.17, 15) is 37.1 Å². The Hall–Kier alpha value is -5.75. The minimum Gasteiger partial charge on any atom is -0.489 e. The summed E-state index contributed by atoms with van der Waals surface area (Å²) in [6.45, 7) is 17.6. The van der Waals surface area contributed by atoms with Gasteiger partial charge in [0.2, 0.25) is 11.8 Å². The Morgan fingerprint density at radius 1 is 0.879 bits per heavy atom. The Labute approximate surface area is 333 Å². The Balaban J connectivity index is 0.849. The van der Waals surface area contributed by atoms with Crippen LogP contribution in [0.5, 0.6) is 5.75 Å². The van der Waals surface area contributed by atoms with Crippen molar-refractivity contribution in [3.05, 3.63) is 99.4 Å². The third-order valence-corrected chi connectivity index (χ3v) is 12.7. The van der Waals surface area contributed by atoms with Gasteiger partial charge in [-0.15, -0.1) is 0 Å². The second-order valence-corrected chi connectivity index (χ2v) is 17.1. The van der Waals surface area contributed by atoms with E-state index in [1.54, 1.807) is 24.3 Å². The van der Waals surface area contributed by atoms with E-state index in [0.717, 1.165) is 59.8 Å². The summed E-state index contributed by atoms with van der Waals surface area (Å²) in [6.07, 6.45) is -3.23. The number of carbonyl (C=O) groups is 5. The molecule has 8 rings (SSSR count). The lowest BCUT2D eigenvalue weighted by molar-refractivity contribution is -0.164. The number of carbonyl (C=O) groups excluding carboxylic acids is 5. The number of piperidine rings is 2. The van der Waals surface area contributed by atoms with Gasteiger partial charge in [-0.25, -0.2) is 4.85 Å². The molecule has 0 bridgehead atoms. The Morgan fingerprint density at radius 3 is 2.03 bits per heavy atom. The van der Waals surface area contributed by atoms with Gasteiger partial charge in [-0.3, -0.25) is 39.1 Å². The summed E-state index contributed by atoms with van der Waals surface area (Å²) in [4.78, 5) is 72.9. The second kappa shape index (κ2) is 14.0. The minimum atomic E-state index is -4.70. The average molecular weight is 797 g/mol. The lowest BCUT2D eigenvalue weighted by Gasteiger charge is -2.63. The molecule has 2 saturated heterocycles. The molecule has 1 aliphatic carbocycles. The molecule has 3 aromatic rings. The standard InChI is InChI=1S/C43H43F3N6O6/c1-41(2)39(42(3,4)40(41)58-28-10-11-32(47-5)31(20-28)43(44,45)46)49-35(54)23-6-8-26(9-7-23)50-16-14-27(15-17-50)51-21-24-18-29-30(19-25(24)22-51)38(57)52(37(29)56)33-12-13-34(53)48-36(33)55/h6-11,18-20,27,33,39-40H,12-17,21-22H2,1-4H3,(H,49,54)(H,48,53,55). The highest BCUT2D eigenvalue weighted by atomic mass is 19.4. The lowest BCUT2D eigenvalue weighted by Crippen LogP contribution is -2.74. The van der Waals surface area contributed by atoms with Gasteiger partial charge in [0, 0.05) is 66.8 Å². The van der Waals surface area contributed by atoms with Gasteiger partial charge in [0.05, 0.1) is 23.3 Å². The van der Waals surface area contributed by atoms with Gasteiger partial charge in [0.15, 0.2) is 5.69 Å². The third kappa shape index (κ3) is 6.57. The van der Waals surface area contributed by atoms with Crippen LogP contribution in [0.4, 0.5) is 24.5 Å². The van der Waals surface area contributed by atoms with Gasteiger partial charge < -0.3 is 15.0 Å². The molecule has 1 unspecified atom stereocenters. The number of nitrogens with one attached hydrogen (secondary N) is 2. The molecule has 4 heterocycles. The second-order valence-electron chi connectivity index (χ2n) is 17.1. The molecule has 4 aliphatic heterocycles. The first-order chi connectivity index (χ1) is 27.4. The number of amides is 5. The number of nitrogens with zero attached hydrogens (tertiary/aromatic N) is 4. The van der Waals surface area contributed by atoms with Crippen molar-refractivity contribution in [3.8, 4) is 5.75 Å². The molecule has 1 atom stereocenters. The van der Waals surface area contributed by atoms with E-state index in [-0.39, 0.29) is 30.5 Å². The van der Waals surface area contributed by atoms with E-state index in [1.807, 2.05) is 39.8 Å². The smallest absolute Gasteiger partial charge is 0.407 e. The molecular weight excluding hydrogens is 754 g/mol. The van der Waals surface area contributed by atoms with Gasteiger partial charge >= 0.3 is 6.18 Å². The van der Waals surface area contributed by atoms with Crippen molar-refractivity contribution in [2.45, 2.75) is 96.9 Å². The summed E-state index contributed by atoms with van der Waals surface area (Å²) in [6, 6.07) is 13.3. The molecule has 58 heavy (non-hydrogen) atoms. The minimum absolute atomic E-state index is 0.0146. The summed E-state index contributed by atoms with van der Waals surface area (Å²) in [5, 5.41) is 5.37. The Bertz CT molecular complexity index is 2230. The van der Waals surface area contributed by atoms with Gasteiger partial charge in [-0.1, -0.05) is 33.8 Å². The first kappa shape index (κ1) is 39.1. The number of fused-ring (bicyclic) bond motifs is 2. The zero-order valence-electron chi connectivity index (χ0n) is 32.5. The maximum atomic E-state index is 13.6. The molecule has 5 amide bonds. The Kier molecular flexibility index (Phi) is 9.42. The highest BCUT2D eigenvalue weighted by molar-refractivity contribution is 6.23. The van der Waals surface area contributed by atoms with Crippen LogP contribution in [0.2, 0.25) is 0 Å². The van der Waals surface area contributed by atoms with Crippen molar-refractivity contribution in [3.63, 3.8) is 0 Å². The van der Waals surface area contributed by atoms with Crippen LogP contribution in [0.1, 0.15) is 101 Å². The SMILES string of the molecule is [C-]#[N+]c1ccc(OC2C(C)(C)C(NC(=O)c3ccc(N4CCC(N5Cc6cc7c(cc6C5)C(=O)N(C5CCC(=O)NC5=O)C7=O)CC4)cc3)C2(C)C)cc1C(F)(F)F. The molecule has 15 heteroatoms. The van der Waals surface area contributed by atoms with Gasteiger partial charge in [-0.05, 0) is 78.9 Å². The number of hydrogen-bond acceptors (Lipinski definition) is 8. The predicted octanol–water partition coefficient (Wildman–Crippen LogP) is 6.25. The maximum Gasteiger partial charge on any atom is 0.407 e. The highest BCUT2D eigenvalue weighted by Gasteiger charge is 2.64. The summed E-state index contributed by atoms with van der Waals surface area (Å²) < 4.78 is 46.9. The molecule has 5 aliphatic rings. The number of alkyl halides is 3. The van der Waals surface area contributed by atoms with Crippen molar-refractivity contribution in [2.75, 3.05) is 18.0 Å². The van der Waals surface area contributed by atoms with Crippen molar-refractivity contribution >= 4 is 40.9 Å². The number of ether oxygens (including phenoxy) is 1. The summed E-state index contributed by atoms with van der Waals surface area (Å²) in [5.74, 6) is -2.29. The molecular formula is C43H43F3N6O6. The van der Waals surface area contributed by atoms with E-state index in [0.29, 0.717) is 35.8 Å². The molecule has 2 N–H and O–H groups in total. The van der Waals surface area contributed by atoms with Crippen LogP contribution >= 0.6 is 0 Å².